The summed E-state index contributed by atoms with van der Waals surface area (Å²) in [6.45, 7) is 0.532. The van der Waals surface area contributed by atoms with Gasteiger partial charge in [0.05, 0.1) is 0 Å². The lowest BCUT2D eigenvalue weighted by Crippen LogP contribution is -2.38. The third-order valence-electron chi connectivity index (χ3n) is 1.82. The number of carboxylic acid groups (broad SMARTS) is 1. The molecule has 1 saturated heterocycles. The van der Waals surface area contributed by atoms with Crippen molar-refractivity contribution in [1.29, 1.82) is 0 Å². The van der Waals surface area contributed by atoms with E-state index in [-0.39, 0.29) is 12.1 Å². The normalized spacial score (nSPS) is 32.5. The molecule has 0 aliphatic carbocycles. The minimum atomic E-state index is -0.768. The predicted octanol–water partition coefficient (Wildman–Crippen LogP) is -0.850. The van der Waals surface area contributed by atoms with Crippen molar-refractivity contribution in [3.63, 3.8) is 0 Å². The highest BCUT2D eigenvalue weighted by Crippen LogP contribution is 2.10. The van der Waals surface area contributed by atoms with Crippen molar-refractivity contribution in [3.05, 3.63) is 0 Å². The molecule has 2 atom stereocenters. The fourth-order valence-corrected chi connectivity index (χ4v) is 1.20. The number of nitrogens with two attached hydrogens (primary N) is 1. The van der Waals surface area contributed by atoms with Gasteiger partial charge in [0, 0.05) is 12.6 Å². The zero-order chi connectivity index (χ0) is 7.56. The van der Waals surface area contributed by atoms with Crippen molar-refractivity contribution in [1.82, 2.24) is 5.32 Å². The molecule has 0 aromatic carbocycles. The summed E-state index contributed by atoms with van der Waals surface area (Å²) >= 11 is 0. The maximum absolute atomic E-state index is 10.4. The van der Waals surface area contributed by atoms with Crippen LogP contribution in [0.4, 0.5) is 0 Å². The van der Waals surface area contributed by atoms with Gasteiger partial charge in [-0.3, -0.25) is 4.79 Å². The number of hydrogen-bond donors (Lipinski definition) is 3. The van der Waals surface area contributed by atoms with Gasteiger partial charge in [-0.2, -0.15) is 0 Å². The van der Waals surface area contributed by atoms with Crippen molar-refractivity contribution >= 4 is 5.97 Å². The van der Waals surface area contributed by atoms with Crippen LogP contribution in [0.3, 0.4) is 0 Å². The lowest BCUT2D eigenvalue weighted by molar-refractivity contribution is -0.139. The van der Waals surface area contributed by atoms with E-state index in [1.54, 1.807) is 0 Å². The Morgan fingerprint density at radius 3 is 2.70 bits per heavy atom. The number of carbonyl (C=O) groups is 1. The molecule has 4 nitrogen and oxygen atoms in total. The van der Waals surface area contributed by atoms with Crippen LogP contribution in [0.15, 0.2) is 0 Å². The molecular weight excluding hydrogens is 132 g/mol. The van der Waals surface area contributed by atoms with Crippen molar-refractivity contribution in [2.45, 2.75) is 24.9 Å². The molecule has 58 valence electrons. The van der Waals surface area contributed by atoms with Gasteiger partial charge in [-0.25, -0.2) is 0 Å². The summed E-state index contributed by atoms with van der Waals surface area (Å²) < 4.78 is 0. The molecule has 4 N–H and O–H groups in total. The first-order chi connectivity index (χ1) is 4.74. The van der Waals surface area contributed by atoms with Gasteiger partial charge in [0.2, 0.25) is 0 Å². The van der Waals surface area contributed by atoms with E-state index in [1.165, 1.54) is 0 Å². The molecule has 0 spiro atoms. The van der Waals surface area contributed by atoms with E-state index in [2.05, 4.69) is 5.32 Å². The molecule has 1 unspecified atom stereocenters. The van der Waals surface area contributed by atoms with Crippen LogP contribution < -0.4 is 11.1 Å². The van der Waals surface area contributed by atoms with E-state index >= 15 is 0 Å². The summed E-state index contributed by atoms with van der Waals surface area (Å²) in [5, 5.41) is 11.4. The maximum Gasteiger partial charge on any atom is 0.320 e. The van der Waals surface area contributed by atoms with Crippen molar-refractivity contribution < 1.29 is 9.90 Å². The Bertz CT molecular complexity index is 138. The predicted molar refractivity (Wildman–Crippen MR) is 36.6 cm³/mol. The van der Waals surface area contributed by atoms with Crippen LogP contribution in [0.5, 0.6) is 0 Å². The lowest BCUT2D eigenvalue weighted by Gasteiger charge is -2.07. The molecular formula is C6H12N2O2. The standard InChI is InChI=1S/C6H12N2O2/c7-3-4-1-2-5(8-4)6(9)10/h4-5,8H,1-3,7H2,(H,9,10)/t4-,5?/m1/s1. The number of carboxylic acids is 1. The number of aliphatic carboxylic acids is 1. The molecule has 0 aromatic rings. The minimum Gasteiger partial charge on any atom is -0.480 e. The van der Waals surface area contributed by atoms with Crippen LogP contribution in [-0.4, -0.2) is 29.7 Å². The second-order valence-electron chi connectivity index (χ2n) is 2.57. The summed E-state index contributed by atoms with van der Waals surface area (Å²) in [5.41, 5.74) is 5.34. The molecule has 1 aliphatic rings. The number of rotatable bonds is 2. The Balaban J connectivity index is 2.35. The number of nitrogens with one attached hydrogen (secondary N) is 1. The molecule has 0 aromatic heterocycles. The van der Waals surface area contributed by atoms with Gasteiger partial charge >= 0.3 is 5.97 Å². The molecule has 10 heavy (non-hydrogen) atoms. The van der Waals surface area contributed by atoms with Crippen LogP contribution in [0.25, 0.3) is 0 Å². The molecule has 0 radical (unpaired) electrons. The summed E-state index contributed by atoms with van der Waals surface area (Å²) in [4.78, 5) is 10.4. The van der Waals surface area contributed by atoms with E-state index in [9.17, 15) is 4.79 Å². The van der Waals surface area contributed by atoms with Crippen LogP contribution in [0.2, 0.25) is 0 Å². The van der Waals surface area contributed by atoms with Crippen LogP contribution in [-0.2, 0) is 4.79 Å². The maximum atomic E-state index is 10.4. The van der Waals surface area contributed by atoms with Gasteiger partial charge < -0.3 is 16.2 Å². The Morgan fingerprint density at radius 1 is 1.70 bits per heavy atom. The van der Waals surface area contributed by atoms with E-state index in [0.717, 1.165) is 6.42 Å². The summed E-state index contributed by atoms with van der Waals surface area (Å²) in [7, 11) is 0. The number of hydrogen-bond acceptors (Lipinski definition) is 3. The second kappa shape index (κ2) is 2.98. The van der Waals surface area contributed by atoms with Gasteiger partial charge in [-0.1, -0.05) is 0 Å². The minimum absolute atomic E-state index is 0.209. The summed E-state index contributed by atoms with van der Waals surface area (Å²) in [6.07, 6.45) is 1.59. The third kappa shape index (κ3) is 1.46. The van der Waals surface area contributed by atoms with Gasteiger partial charge in [0.25, 0.3) is 0 Å². The first-order valence-corrected chi connectivity index (χ1v) is 3.43. The van der Waals surface area contributed by atoms with Gasteiger partial charge in [-0.15, -0.1) is 0 Å². The molecule has 0 saturated carbocycles. The molecule has 4 heteroatoms. The molecule has 1 heterocycles. The summed E-state index contributed by atoms with van der Waals surface area (Å²) in [6, 6.07) is -0.158. The van der Waals surface area contributed by atoms with E-state index in [1.807, 2.05) is 0 Å². The highest BCUT2D eigenvalue weighted by molar-refractivity contribution is 5.73. The average Bonchev–Trinajstić information content (AvgIpc) is 2.34. The smallest absolute Gasteiger partial charge is 0.320 e. The van der Waals surface area contributed by atoms with E-state index in [4.69, 9.17) is 10.8 Å². The van der Waals surface area contributed by atoms with E-state index in [0.29, 0.717) is 13.0 Å². The van der Waals surface area contributed by atoms with Crippen LogP contribution in [0.1, 0.15) is 12.8 Å². The zero-order valence-electron chi connectivity index (χ0n) is 5.71. The summed E-state index contributed by atoms with van der Waals surface area (Å²) in [5.74, 6) is -0.768. The zero-order valence-corrected chi connectivity index (χ0v) is 5.71. The van der Waals surface area contributed by atoms with Crippen molar-refractivity contribution in [3.8, 4) is 0 Å². The highest BCUT2D eigenvalue weighted by Gasteiger charge is 2.27. The Morgan fingerprint density at radius 2 is 2.40 bits per heavy atom. The fourth-order valence-electron chi connectivity index (χ4n) is 1.20. The largest absolute Gasteiger partial charge is 0.480 e. The Labute approximate surface area is 59.4 Å². The average molecular weight is 144 g/mol. The highest BCUT2D eigenvalue weighted by atomic mass is 16.4. The third-order valence-corrected chi connectivity index (χ3v) is 1.82. The quantitative estimate of drug-likeness (QED) is 0.472. The Kier molecular flexibility index (Phi) is 2.24. The molecule has 1 fully saturated rings. The molecule has 0 bridgehead atoms. The first kappa shape index (κ1) is 7.50. The van der Waals surface area contributed by atoms with Crippen LogP contribution >= 0.6 is 0 Å². The first-order valence-electron chi connectivity index (χ1n) is 3.43. The van der Waals surface area contributed by atoms with Gasteiger partial charge in [-0.05, 0) is 12.8 Å². The molecule has 1 rings (SSSR count). The fraction of sp³-hybridized carbons (Fsp3) is 0.833. The topological polar surface area (TPSA) is 75.4 Å². The Hall–Kier alpha value is -0.610. The van der Waals surface area contributed by atoms with Gasteiger partial charge in [0.1, 0.15) is 6.04 Å². The van der Waals surface area contributed by atoms with E-state index < -0.39 is 5.97 Å². The monoisotopic (exact) mass is 144 g/mol. The van der Waals surface area contributed by atoms with Crippen LogP contribution in [0, 0.1) is 0 Å². The molecule has 0 amide bonds. The molecule has 1 aliphatic heterocycles. The lowest BCUT2D eigenvalue weighted by atomic mass is 10.2. The van der Waals surface area contributed by atoms with Gasteiger partial charge in [0.15, 0.2) is 0 Å². The second-order valence-corrected chi connectivity index (χ2v) is 2.57. The van der Waals surface area contributed by atoms with Crippen molar-refractivity contribution in [2.24, 2.45) is 5.73 Å². The SMILES string of the molecule is NC[C@H]1CCC(C(=O)O)N1. The van der Waals surface area contributed by atoms with Crippen molar-refractivity contribution in [2.75, 3.05) is 6.54 Å².